The van der Waals surface area contributed by atoms with E-state index in [4.69, 9.17) is 0 Å². The first-order valence-electron chi connectivity index (χ1n) is 9.86. The Morgan fingerprint density at radius 1 is 1.17 bits per heavy atom. The van der Waals surface area contributed by atoms with Gasteiger partial charge in [0.2, 0.25) is 10.0 Å². The number of aromatic amines is 1. The molecule has 2 heterocycles. The van der Waals surface area contributed by atoms with Crippen molar-refractivity contribution in [1.29, 1.82) is 0 Å². The molecule has 1 aromatic heterocycles. The van der Waals surface area contributed by atoms with Gasteiger partial charge in [-0.05, 0) is 53.8 Å². The summed E-state index contributed by atoms with van der Waals surface area (Å²) in [5, 5.41) is 4.21. The quantitative estimate of drug-likeness (QED) is 0.607. The first-order valence-corrected chi connectivity index (χ1v) is 11.7. The zero-order valence-corrected chi connectivity index (χ0v) is 18.1. The van der Waals surface area contributed by atoms with Crippen molar-refractivity contribution >= 4 is 38.5 Å². The van der Waals surface area contributed by atoms with Gasteiger partial charge in [0, 0.05) is 42.5 Å². The summed E-state index contributed by atoms with van der Waals surface area (Å²) in [6.45, 7) is 2.90. The third kappa shape index (κ3) is 3.55. The number of aldehydes is 1. The summed E-state index contributed by atoms with van der Waals surface area (Å²) in [5.41, 5.74) is 7.77. The van der Waals surface area contributed by atoms with Crippen molar-refractivity contribution in [3.63, 3.8) is 0 Å². The summed E-state index contributed by atoms with van der Waals surface area (Å²) in [4.78, 5) is 15.1. The summed E-state index contributed by atoms with van der Waals surface area (Å²) in [5.74, 6) is 0. The summed E-state index contributed by atoms with van der Waals surface area (Å²) in [6, 6.07) is 12.1. The second-order valence-electron chi connectivity index (χ2n) is 7.62. The highest BCUT2D eigenvalue weighted by Gasteiger charge is 2.22. The van der Waals surface area contributed by atoms with Crippen LogP contribution in [0, 0.1) is 6.92 Å². The van der Waals surface area contributed by atoms with Gasteiger partial charge in [0.05, 0.1) is 11.8 Å². The Labute approximate surface area is 176 Å². The molecule has 4 rings (SSSR count). The standard InChI is InChI=1S/C23H25N3O3S/c1-15-18(5-4-6-21(15)24-2)19-8-7-17(14-27)23-20(19)13-22(25-23)16-9-11-26(12-10-16)30(3,28)29/h4-9,13-14,24-25H,10-12H2,1-3H3. The maximum absolute atomic E-state index is 11.8. The minimum atomic E-state index is -3.19. The third-order valence-corrected chi connectivity index (χ3v) is 7.10. The Kier molecular flexibility index (Phi) is 5.26. The number of hydrogen-bond donors (Lipinski definition) is 2. The van der Waals surface area contributed by atoms with Gasteiger partial charge >= 0.3 is 0 Å². The lowest BCUT2D eigenvalue weighted by Gasteiger charge is -2.23. The lowest BCUT2D eigenvalue weighted by Crippen LogP contribution is -2.33. The van der Waals surface area contributed by atoms with Gasteiger partial charge in [-0.1, -0.05) is 24.3 Å². The molecule has 1 aliphatic rings. The fourth-order valence-electron chi connectivity index (χ4n) is 4.14. The van der Waals surface area contributed by atoms with E-state index in [-0.39, 0.29) is 0 Å². The molecular formula is C23H25N3O3S. The molecule has 0 fully saturated rings. The van der Waals surface area contributed by atoms with Gasteiger partial charge in [-0.15, -0.1) is 0 Å². The highest BCUT2D eigenvalue weighted by Crippen LogP contribution is 2.37. The Morgan fingerprint density at radius 2 is 1.97 bits per heavy atom. The molecule has 30 heavy (non-hydrogen) atoms. The minimum Gasteiger partial charge on any atom is -0.388 e. The van der Waals surface area contributed by atoms with Crippen LogP contribution in [0.15, 0.2) is 42.5 Å². The zero-order valence-electron chi connectivity index (χ0n) is 17.3. The van der Waals surface area contributed by atoms with E-state index in [0.29, 0.717) is 25.1 Å². The second-order valence-corrected chi connectivity index (χ2v) is 9.60. The number of carbonyl (C=O) groups excluding carboxylic acids is 1. The summed E-state index contributed by atoms with van der Waals surface area (Å²) in [6.07, 6.45) is 4.67. The van der Waals surface area contributed by atoms with Gasteiger partial charge in [0.15, 0.2) is 6.29 Å². The Balaban J connectivity index is 1.84. The van der Waals surface area contributed by atoms with Crippen molar-refractivity contribution in [1.82, 2.24) is 9.29 Å². The summed E-state index contributed by atoms with van der Waals surface area (Å²) < 4.78 is 25.0. The molecule has 0 saturated heterocycles. The number of sulfonamides is 1. The topological polar surface area (TPSA) is 82.3 Å². The lowest BCUT2D eigenvalue weighted by molar-refractivity contribution is 0.112. The van der Waals surface area contributed by atoms with Crippen molar-refractivity contribution in [2.24, 2.45) is 0 Å². The predicted molar refractivity (Wildman–Crippen MR) is 122 cm³/mol. The highest BCUT2D eigenvalue weighted by atomic mass is 32.2. The molecule has 6 nitrogen and oxygen atoms in total. The molecule has 0 spiro atoms. The van der Waals surface area contributed by atoms with Crippen LogP contribution >= 0.6 is 0 Å². The van der Waals surface area contributed by atoms with Crippen LogP contribution in [0.25, 0.3) is 27.6 Å². The fraction of sp³-hybridized carbons (Fsp3) is 0.261. The largest absolute Gasteiger partial charge is 0.388 e. The molecule has 0 aliphatic carbocycles. The van der Waals surface area contributed by atoms with E-state index in [0.717, 1.165) is 50.8 Å². The van der Waals surface area contributed by atoms with Crippen LogP contribution in [0.5, 0.6) is 0 Å². The van der Waals surface area contributed by atoms with E-state index in [1.165, 1.54) is 10.6 Å². The van der Waals surface area contributed by atoms with Crippen LogP contribution < -0.4 is 5.32 Å². The van der Waals surface area contributed by atoms with Crippen molar-refractivity contribution in [3.8, 4) is 11.1 Å². The van der Waals surface area contributed by atoms with Gasteiger partial charge < -0.3 is 10.3 Å². The molecule has 0 saturated carbocycles. The molecule has 0 atom stereocenters. The molecular weight excluding hydrogens is 398 g/mol. The van der Waals surface area contributed by atoms with E-state index in [1.807, 2.05) is 37.4 Å². The maximum atomic E-state index is 11.8. The number of rotatable bonds is 5. The fourth-order valence-corrected chi connectivity index (χ4v) is 4.91. The number of nitrogens with zero attached hydrogens (tertiary/aromatic N) is 1. The molecule has 0 bridgehead atoms. The van der Waals surface area contributed by atoms with Crippen molar-refractivity contribution in [2.75, 3.05) is 31.7 Å². The normalized spacial score (nSPS) is 15.2. The molecule has 0 unspecified atom stereocenters. The average Bonchev–Trinajstić information content (AvgIpc) is 3.18. The van der Waals surface area contributed by atoms with Crippen molar-refractivity contribution in [2.45, 2.75) is 13.3 Å². The SMILES string of the molecule is CNc1cccc(-c2ccc(C=O)c3[nH]c(C4=CCN(S(C)(=O)=O)CC4)cc23)c1C. The number of aromatic nitrogens is 1. The van der Waals surface area contributed by atoms with Crippen molar-refractivity contribution < 1.29 is 13.2 Å². The molecule has 7 heteroatoms. The van der Waals surface area contributed by atoms with Crippen LogP contribution in [0.4, 0.5) is 5.69 Å². The molecule has 2 aromatic carbocycles. The number of carbonyl (C=O) groups is 1. The number of benzene rings is 2. The van der Waals surface area contributed by atoms with Crippen molar-refractivity contribution in [3.05, 3.63) is 59.3 Å². The number of nitrogens with one attached hydrogen (secondary N) is 2. The molecule has 0 amide bonds. The van der Waals surface area contributed by atoms with Gasteiger partial charge in [-0.2, -0.15) is 4.31 Å². The van der Waals surface area contributed by atoms with Crippen LogP contribution in [-0.2, 0) is 10.0 Å². The molecule has 3 aromatic rings. The number of hydrogen-bond acceptors (Lipinski definition) is 4. The Morgan fingerprint density at radius 3 is 2.60 bits per heavy atom. The smallest absolute Gasteiger partial charge is 0.211 e. The van der Waals surface area contributed by atoms with E-state index >= 15 is 0 Å². The lowest BCUT2D eigenvalue weighted by atomic mass is 9.94. The maximum Gasteiger partial charge on any atom is 0.211 e. The Bertz CT molecular complexity index is 1270. The van der Waals surface area contributed by atoms with E-state index in [9.17, 15) is 13.2 Å². The first kappa shape index (κ1) is 20.4. The molecule has 156 valence electrons. The monoisotopic (exact) mass is 423 g/mol. The summed E-state index contributed by atoms with van der Waals surface area (Å²) >= 11 is 0. The number of anilines is 1. The van der Waals surface area contributed by atoms with Crippen LogP contribution in [0.2, 0.25) is 0 Å². The van der Waals surface area contributed by atoms with E-state index in [1.54, 1.807) is 0 Å². The van der Waals surface area contributed by atoms with Crippen LogP contribution in [0.1, 0.15) is 28.0 Å². The minimum absolute atomic E-state index is 0.361. The number of H-pyrrole nitrogens is 1. The van der Waals surface area contributed by atoms with E-state index < -0.39 is 10.0 Å². The van der Waals surface area contributed by atoms with Crippen LogP contribution in [-0.4, -0.2) is 50.4 Å². The van der Waals surface area contributed by atoms with Gasteiger partial charge in [0.1, 0.15) is 0 Å². The predicted octanol–water partition coefficient (Wildman–Crippen LogP) is 4.05. The molecule has 0 radical (unpaired) electrons. The Hall–Kier alpha value is -2.90. The molecule has 1 aliphatic heterocycles. The van der Waals surface area contributed by atoms with E-state index in [2.05, 4.69) is 29.4 Å². The van der Waals surface area contributed by atoms with Gasteiger partial charge in [0.25, 0.3) is 0 Å². The zero-order chi connectivity index (χ0) is 21.5. The van der Waals surface area contributed by atoms with Gasteiger partial charge in [-0.25, -0.2) is 8.42 Å². The second kappa shape index (κ2) is 7.74. The molecule has 2 N–H and O–H groups in total. The van der Waals surface area contributed by atoms with Crippen LogP contribution in [0.3, 0.4) is 0 Å². The first-order chi connectivity index (χ1) is 14.3. The highest BCUT2D eigenvalue weighted by molar-refractivity contribution is 7.88. The number of fused-ring (bicyclic) bond motifs is 1. The third-order valence-electron chi connectivity index (χ3n) is 5.83. The van der Waals surface area contributed by atoms with Gasteiger partial charge in [-0.3, -0.25) is 4.79 Å². The summed E-state index contributed by atoms with van der Waals surface area (Å²) in [7, 11) is -1.29. The average molecular weight is 424 g/mol.